The maximum atomic E-state index is 12.8. The highest BCUT2D eigenvalue weighted by Crippen LogP contribution is 2.34. The summed E-state index contributed by atoms with van der Waals surface area (Å²) < 4.78 is 11.0. The Kier molecular flexibility index (Phi) is 6.63. The predicted octanol–water partition coefficient (Wildman–Crippen LogP) is 3.03. The summed E-state index contributed by atoms with van der Waals surface area (Å²) in [6.07, 6.45) is 2.28. The predicted molar refractivity (Wildman–Crippen MR) is 119 cm³/mol. The first-order valence-corrected chi connectivity index (χ1v) is 10.8. The van der Waals surface area contributed by atoms with E-state index in [2.05, 4.69) is 10.2 Å². The van der Waals surface area contributed by atoms with Crippen molar-refractivity contribution in [3.05, 3.63) is 53.1 Å². The quantitative estimate of drug-likeness (QED) is 0.712. The fraction of sp³-hybridized carbons (Fsp3) is 0.391. The second-order valence-corrected chi connectivity index (χ2v) is 8.12. The minimum absolute atomic E-state index is 0.00437. The molecule has 2 heterocycles. The molecule has 1 fully saturated rings. The number of nitrogens with one attached hydrogen (secondary N) is 1. The van der Waals surface area contributed by atoms with Crippen LogP contribution in [0.4, 0.5) is 5.69 Å². The van der Waals surface area contributed by atoms with Gasteiger partial charge in [-0.3, -0.25) is 19.4 Å². The maximum Gasteiger partial charge on any atom is 0.265 e. The van der Waals surface area contributed by atoms with Crippen LogP contribution in [0.5, 0.6) is 11.5 Å². The van der Waals surface area contributed by atoms with Crippen LogP contribution in [0.25, 0.3) is 0 Å². The van der Waals surface area contributed by atoms with Crippen LogP contribution in [-0.2, 0) is 9.59 Å². The van der Waals surface area contributed by atoms with E-state index in [1.165, 1.54) is 4.90 Å². The highest BCUT2D eigenvalue weighted by Gasteiger charge is 2.29. The molecule has 1 saturated heterocycles. The van der Waals surface area contributed by atoms with E-state index in [9.17, 15) is 9.59 Å². The van der Waals surface area contributed by atoms with Crippen molar-refractivity contribution >= 4 is 29.1 Å². The fourth-order valence-corrected chi connectivity index (χ4v) is 4.36. The third-order valence-electron chi connectivity index (χ3n) is 5.74. The van der Waals surface area contributed by atoms with Gasteiger partial charge in [-0.25, -0.2) is 0 Å². The SMILES string of the molecule is COc1ccccc1C(CNC(=O)CN1C(=O)COc2ccc(Cl)cc21)N1CCCC1. The number of fused-ring (bicyclic) bond motifs is 1. The van der Waals surface area contributed by atoms with E-state index in [4.69, 9.17) is 21.1 Å². The first-order chi connectivity index (χ1) is 15.1. The molecule has 0 spiro atoms. The minimum Gasteiger partial charge on any atom is -0.496 e. The van der Waals surface area contributed by atoms with Gasteiger partial charge in [0, 0.05) is 17.1 Å². The third-order valence-corrected chi connectivity index (χ3v) is 5.97. The molecule has 4 rings (SSSR count). The average Bonchev–Trinajstić information content (AvgIpc) is 3.31. The summed E-state index contributed by atoms with van der Waals surface area (Å²) in [5.74, 6) is 0.840. The van der Waals surface area contributed by atoms with Gasteiger partial charge in [0.15, 0.2) is 6.61 Å². The molecular formula is C23H26ClN3O4. The van der Waals surface area contributed by atoms with Crippen molar-refractivity contribution in [1.29, 1.82) is 0 Å². The summed E-state index contributed by atoms with van der Waals surface area (Å²) in [4.78, 5) is 29.0. The van der Waals surface area contributed by atoms with Crippen LogP contribution in [0.2, 0.25) is 5.02 Å². The number of carbonyl (C=O) groups is 2. The van der Waals surface area contributed by atoms with E-state index in [0.717, 1.165) is 37.2 Å². The lowest BCUT2D eigenvalue weighted by Crippen LogP contribution is -2.46. The highest BCUT2D eigenvalue weighted by molar-refractivity contribution is 6.31. The molecule has 1 unspecified atom stereocenters. The zero-order chi connectivity index (χ0) is 21.8. The second kappa shape index (κ2) is 9.58. The van der Waals surface area contributed by atoms with E-state index < -0.39 is 0 Å². The molecule has 0 radical (unpaired) electrons. The van der Waals surface area contributed by atoms with E-state index in [0.29, 0.717) is 23.0 Å². The minimum atomic E-state index is -0.272. The Hall–Kier alpha value is -2.77. The Morgan fingerprint density at radius 2 is 2.00 bits per heavy atom. The Morgan fingerprint density at radius 3 is 2.77 bits per heavy atom. The first-order valence-electron chi connectivity index (χ1n) is 10.4. The number of likely N-dealkylation sites (tertiary alicyclic amines) is 1. The molecule has 2 amide bonds. The first kappa shape index (κ1) is 21.5. The number of hydrogen-bond donors (Lipinski definition) is 1. The van der Waals surface area contributed by atoms with Crippen molar-refractivity contribution in [2.75, 3.05) is 44.8 Å². The summed E-state index contributed by atoms with van der Waals surface area (Å²) >= 11 is 6.09. The number of hydrogen-bond acceptors (Lipinski definition) is 5. The maximum absolute atomic E-state index is 12.8. The van der Waals surface area contributed by atoms with Gasteiger partial charge in [-0.1, -0.05) is 29.8 Å². The van der Waals surface area contributed by atoms with Crippen molar-refractivity contribution in [2.24, 2.45) is 0 Å². The van der Waals surface area contributed by atoms with E-state index in [1.54, 1.807) is 25.3 Å². The molecule has 0 saturated carbocycles. The van der Waals surface area contributed by atoms with Gasteiger partial charge in [0.05, 0.1) is 18.8 Å². The van der Waals surface area contributed by atoms with Crippen molar-refractivity contribution in [3.63, 3.8) is 0 Å². The van der Waals surface area contributed by atoms with Gasteiger partial charge in [-0.2, -0.15) is 0 Å². The monoisotopic (exact) mass is 443 g/mol. The summed E-state index contributed by atoms with van der Waals surface area (Å²) in [6.45, 7) is 2.20. The van der Waals surface area contributed by atoms with Crippen LogP contribution >= 0.6 is 11.6 Å². The number of benzene rings is 2. The molecule has 2 aliphatic rings. The van der Waals surface area contributed by atoms with Gasteiger partial charge in [0.2, 0.25) is 5.91 Å². The number of methoxy groups -OCH3 is 1. The lowest BCUT2D eigenvalue weighted by molar-refractivity contribution is -0.125. The van der Waals surface area contributed by atoms with Crippen LogP contribution in [0, 0.1) is 0 Å². The van der Waals surface area contributed by atoms with Crippen LogP contribution in [0.1, 0.15) is 24.4 Å². The van der Waals surface area contributed by atoms with Crippen LogP contribution < -0.4 is 19.7 Å². The summed E-state index contributed by atoms with van der Waals surface area (Å²) in [5.41, 5.74) is 1.56. The highest BCUT2D eigenvalue weighted by atomic mass is 35.5. The molecule has 8 heteroatoms. The Balaban J connectivity index is 1.47. The van der Waals surface area contributed by atoms with Gasteiger partial charge in [-0.05, 0) is 50.2 Å². The van der Waals surface area contributed by atoms with Crippen molar-refractivity contribution < 1.29 is 19.1 Å². The molecule has 31 heavy (non-hydrogen) atoms. The number of para-hydroxylation sites is 1. The number of ether oxygens (including phenoxy) is 2. The van der Waals surface area contributed by atoms with Crippen LogP contribution in [0.15, 0.2) is 42.5 Å². The number of carbonyl (C=O) groups excluding carboxylic acids is 2. The number of anilines is 1. The zero-order valence-corrected chi connectivity index (χ0v) is 18.2. The topological polar surface area (TPSA) is 71.1 Å². The molecule has 1 atom stereocenters. The van der Waals surface area contributed by atoms with E-state index in [1.807, 2.05) is 24.3 Å². The van der Waals surface area contributed by atoms with Crippen molar-refractivity contribution in [2.45, 2.75) is 18.9 Å². The third kappa shape index (κ3) is 4.78. The standard InChI is InChI=1S/C23H26ClN3O4/c1-30-20-7-3-2-6-17(20)19(26-10-4-5-11-26)13-25-22(28)14-27-18-12-16(24)8-9-21(18)31-15-23(27)29/h2-3,6-9,12,19H,4-5,10-11,13-15H2,1H3,(H,25,28). The molecule has 1 N–H and O–H groups in total. The van der Waals surface area contributed by atoms with E-state index in [-0.39, 0.29) is 31.0 Å². The van der Waals surface area contributed by atoms with Crippen LogP contribution in [0.3, 0.4) is 0 Å². The Morgan fingerprint density at radius 1 is 1.23 bits per heavy atom. The summed E-state index contributed by atoms with van der Waals surface area (Å²) in [6, 6.07) is 12.9. The van der Waals surface area contributed by atoms with Crippen LogP contribution in [-0.4, -0.2) is 56.6 Å². The molecular weight excluding hydrogens is 418 g/mol. The second-order valence-electron chi connectivity index (χ2n) is 7.69. The largest absolute Gasteiger partial charge is 0.496 e. The van der Waals surface area contributed by atoms with Gasteiger partial charge in [0.1, 0.15) is 18.0 Å². The molecule has 0 aromatic heterocycles. The average molecular weight is 444 g/mol. The molecule has 7 nitrogen and oxygen atoms in total. The van der Waals surface area contributed by atoms with Gasteiger partial charge in [0.25, 0.3) is 5.91 Å². The van der Waals surface area contributed by atoms with E-state index >= 15 is 0 Å². The van der Waals surface area contributed by atoms with Gasteiger partial charge < -0.3 is 14.8 Å². The molecule has 2 aromatic carbocycles. The summed E-state index contributed by atoms with van der Waals surface area (Å²) in [5, 5.41) is 3.50. The van der Waals surface area contributed by atoms with Gasteiger partial charge >= 0.3 is 0 Å². The normalized spacial score (nSPS) is 17.1. The smallest absolute Gasteiger partial charge is 0.265 e. The molecule has 2 aromatic rings. The zero-order valence-electron chi connectivity index (χ0n) is 17.5. The lowest BCUT2D eigenvalue weighted by Gasteiger charge is -2.31. The Labute approximate surface area is 186 Å². The summed E-state index contributed by atoms with van der Waals surface area (Å²) in [7, 11) is 1.66. The van der Waals surface area contributed by atoms with Crippen molar-refractivity contribution in [1.82, 2.24) is 10.2 Å². The molecule has 164 valence electrons. The number of amides is 2. The van der Waals surface area contributed by atoms with Crippen molar-refractivity contribution in [3.8, 4) is 11.5 Å². The molecule has 0 aliphatic carbocycles. The molecule has 2 aliphatic heterocycles. The number of halogens is 1. The lowest BCUT2D eigenvalue weighted by atomic mass is 10.0. The fourth-order valence-electron chi connectivity index (χ4n) is 4.19. The number of nitrogens with zero attached hydrogens (tertiary/aromatic N) is 2. The molecule has 0 bridgehead atoms. The van der Waals surface area contributed by atoms with Gasteiger partial charge in [-0.15, -0.1) is 0 Å². The Bertz CT molecular complexity index is 962. The number of rotatable bonds is 7.